The van der Waals surface area contributed by atoms with Crippen LogP contribution < -0.4 is 0 Å². The molecule has 0 saturated heterocycles. The van der Waals surface area contributed by atoms with Crippen LogP contribution in [-0.2, 0) is 0 Å². The zero-order valence-electron chi connectivity index (χ0n) is 28.5. The molecular weight excluding hydrogens is 647 g/mol. The molecule has 0 amide bonds. The van der Waals surface area contributed by atoms with E-state index < -0.39 is 0 Å². The van der Waals surface area contributed by atoms with Crippen LogP contribution in [0.5, 0.6) is 0 Å². The van der Waals surface area contributed by atoms with Crippen molar-refractivity contribution >= 4 is 65.2 Å². The molecule has 0 N–H and O–H groups in total. The molecule has 53 heavy (non-hydrogen) atoms. The third kappa shape index (κ3) is 4.71. The van der Waals surface area contributed by atoms with Gasteiger partial charge in [-0.05, 0) is 84.9 Å². The molecule has 3 aromatic heterocycles. The largest absolute Gasteiger partial charge is 0.290 e. The molecule has 246 valence electrons. The van der Waals surface area contributed by atoms with E-state index in [1.165, 1.54) is 38.1 Å². The number of hydrogen-bond acceptors (Lipinski definition) is 4. The highest BCUT2D eigenvalue weighted by molar-refractivity contribution is 6.15. The lowest BCUT2D eigenvalue weighted by Gasteiger charge is -2.12. The molecule has 5 nitrogen and oxygen atoms in total. The van der Waals surface area contributed by atoms with E-state index in [0.717, 1.165) is 43.9 Å². The predicted octanol–water partition coefficient (Wildman–Crippen LogP) is 12.0. The van der Waals surface area contributed by atoms with E-state index in [4.69, 9.17) is 20.2 Å². The highest BCUT2D eigenvalue weighted by Gasteiger charge is 2.21. The van der Waals surface area contributed by atoms with Crippen molar-refractivity contribution in [3.8, 4) is 39.3 Å². The van der Waals surface area contributed by atoms with Gasteiger partial charge in [-0.3, -0.25) is 9.55 Å². The molecule has 0 saturated carbocycles. The van der Waals surface area contributed by atoms with Crippen LogP contribution in [-0.4, -0.2) is 24.7 Å². The average molecular weight is 676 g/mol. The van der Waals surface area contributed by atoms with Crippen molar-refractivity contribution in [3.05, 3.63) is 176 Å². The van der Waals surface area contributed by atoms with E-state index in [-0.39, 0.29) is 0 Å². The minimum absolute atomic E-state index is 0.651. The monoisotopic (exact) mass is 675 g/mol. The smallest absolute Gasteiger partial charge is 0.188 e. The Morgan fingerprint density at radius 1 is 0.340 bits per heavy atom. The Morgan fingerprint density at radius 3 is 1.79 bits per heavy atom. The van der Waals surface area contributed by atoms with Crippen LogP contribution in [0.1, 0.15) is 0 Å². The Morgan fingerprint density at radius 2 is 0.943 bits per heavy atom. The average Bonchev–Trinajstić information content (AvgIpc) is 3.54. The summed E-state index contributed by atoms with van der Waals surface area (Å²) in [6, 6.07) is 58.4. The zero-order valence-corrected chi connectivity index (χ0v) is 28.5. The van der Waals surface area contributed by atoms with Gasteiger partial charge in [-0.2, -0.15) is 0 Å². The fraction of sp³-hybridized carbons (Fsp3) is 0. The number of aromatic nitrogens is 5. The third-order valence-corrected chi connectivity index (χ3v) is 10.6. The van der Waals surface area contributed by atoms with Crippen molar-refractivity contribution in [2.24, 2.45) is 0 Å². The van der Waals surface area contributed by atoms with Crippen molar-refractivity contribution < 1.29 is 0 Å². The van der Waals surface area contributed by atoms with Gasteiger partial charge in [0.25, 0.3) is 0 Å². The summed E-state index contributed by atoms with van der Waals surface area (Å²) in [7, 11) is 0. The molecule has 0 atom stereocenters. The van der Waals surface area contributed by atoms with E-state index in [2.05, 4.69) is 162 Å². The lowest BCUT2D eigenvalue weighted by atomic mass is 9.96. The predicted molar refractivity (Wildman–Crippen MR) is 218 cm³/mol. The molecule has 11 aromatic rings. The van der Waals surface area contributed by atoms with Crippen molar-refractivity contribution in [2.45, 2.75) is 0 Å². The molecule has 0 aliphatic heterocycles. The first-order valence-corrected chi connectivity index (χ1v) is 17.8. The number of benzene rings is 8. The second-order valence-electron chi connectivity index (χ2n) is 13.6. The second kappa shape index (κ2) is 11.7. The fourth-order valence-electron chi connectivity index (χ4n) is 7.97. The summed E-state index contributed by atoms with van der Waals surface area (Å²) in [5.41, 5.74) is 9.77. The summed E-state index contributed by atoms with van der Waals surface area (Å²) in [6.07, 6.45) is 3.47. The van der Waals surface area contributed by atoms with Gasteiger partial charge in [0.1, 0.15) is 16.7 Å². The fourth-order valence-corrected chi connectivity index (χ4v) is 7.97. The van der Waals surface area contributed by atoms with Crippen LogP contribution in [0.4, 0.5) is 0 Å². The van der Waals surface area contributed by atoms with Gasteiger partial charge in [0.2, 0.25) is 0 Å². The van der Waals surface area contributed by atoms with E-state index in [0.29, 0.717) is 22.5 Å². The molecule has 0 aliphatic carbocycles. The van der Waals surface area contributed by atoms with Gasteiger partial charge in [-0.25, -0.2) is 4.98 Å². The van der Waals surface area contributed by atoms with Crippen LogP contribution >= 0.6 is 0 Å². The molecule has 5 heteroatoms. The van der Waals surface area contributed by atoms with Crippen LogP contribution in [0.3, 0.4) is 0 Å². The van der Waals surface area contributed by atoms with Gasteiger partial charge in [-0.1, -0.05) is 133 Å². The molecule has 0 fully saturated rings. The molecule has 0 bridgehead atoms. The van der Waals surface area contributed by atoms with E-state index in [1.807, 2.05) is 6.07 Å². The van der Waals surface area contributed by atoms with Gasteiger partial charge in [0, 0.05) is 28.7 Å². The third-order valence-electron chi connectivity index (χ3n) is 10.6. The van der Waals surface area contributed by atoms with Crippen molar-refractivity contribution in [2.75, 3.05) is 0 Å². The Balaban J connectivity index is 1.11. The summed E-state index contributed by atoms with van der Waals surface area (Å²) >= 11 is 0. The molecule has 11 rings (SSSR count). The van der Waals surface area contributed by atoms with Gasteiger partial charge in [0.15, 0.2) is 5.82 Å². The van der Waals surface area contributed by atoms with Gasteiger partial charge in [0.05, 0.1) is 11.0 Å². The second-order valence-corrected chi connectivity index (χ2v) is 13.6. The van der Waals surface area contributed by atoms with E-state index in [1.54, 1.807) is 12.4 Å². The number of nitrogens with zero attached hydrogens (tertiary/aromatic N) is 5. The van der Waals surface area contributed by atoms with Crippen LogP contribution in [0, 0.1) is 0 Å². The van der Waals surface area contributed by atoms with Crippen molar-refractivity contribution in [3.63, 3.8) is 0 Å². The Bertz CT molecular complexity index is 3220. The number of hydrogen-bond donors (Lipinski definition) is 0. The van der Waals surface area contributed by atoms with Crippen LogP contribution in [0.15, 0.2) is 176 Å². The summed E-state index contributed by atoms with van der Waals surface area (Å²) in [5.74, 6) is 0.651. The molecule has 3 heterocycles. The SMILES string of the molecule is c1ccc(-c2ccc(-c3nnc(-n4c5ccc(-c6ccc7c(ccc8ccccc87)c6)cc5c5cc6ccccc6cc54)c4nccnc34)cc2)cc1. The lowest BCUT2D eigenvalue weighted by molar-refractivity contribution is 0.965. The lowest BCUT2D eigenvalue weighted by Crippen LogP contribution is -2.04. The Labute approximate surface area is 304 Å². The maximum atomic E-state index is 4.94. The molecule has 0 unspecified atom stereocenters. The summed E-state index contributed by atoms with van der Waals surface area (Å²) < 4.78 is 2.21. The highest BCUT2D eigenvalue weighted by Crippen LogP contribution is 2.39. The van der Waals surface area contributed by atoms with Gasteiger partial charge in [-0.15, -0.1) is 10.2 Å². The summed E-state index contributed by atoms with van der Waals surface area (Å²) in [4.78, 5) is 9.73. The zero-order chi connectivity index (χ0) is 34.9. The standard InChI is InChI=1S/C48H29N5/c1-2-8-30(9-3-1)31-14-17-33(18-15-31)45-46-47(50-25-24-49-46)48(52-51-45)53-43-23-21-37(28-41(43)42-27-34-11-4-5-12-35(34)29-44(42)53)36-20-22-40-38(26-36)19-16-32-10-6-7-13-39(32)40/h1-29H. The quantitative estimate of drug-likeness (QED) is 0.174. The number of rotatable bonds is 4. The van der Waals surface area contributed by atoms with Crippen molar-refractivity contribution in [1.29, 1.82) is 0 Å². The van der Waals surface area contributed by atoms with Crippen LogP contribution in [0.25, 0.3) is 104 Å². The first kappa shape index (κ1) is 29.5. The molecule has 0 radical (unpaired) electrons. The summed E-state index contributed by atoms with van der Waals surface area (Å²) in [6.45, 7) is 0. The highest BCUT2D eigenvalue weighted by atomic mass is 15.2. The minimum Gasteiger partial charge on any atom is -0.290 e. The van der Waals surface area contributed by atoms with Gasteiger partial charge >= 0.3 is 0 Å². The normalized spacial score (nSPS) is 11.8. The molecular formula is C48H29N5. The maximum Gasteiger partial charge on any atom is 0.188 e. The van der Waals surface area contributed by atoms with E-state index >= 15 is 0 Å². The minimum atomic E-state index is 0.651. The Kier molecular flexibility index (Phi) is 6.48. The summed E-state index contributed by atoms with van der Waals surface area (Å²) in [5, 5.41) is 19.4. The maximum absolute atomic E-state index is 4.94. The topological polar surface area (TPSA) is 56.5 Å². The molecule has 8 aromatic carbocycles. The molecule has 0 spiro atoms. The number of fused-ring (bicyclic) bond motifs is 8. The first-order chi connectivity index (χ1) is 26.3. The Hall–Kier alpha value is -7.24. The van der Waals surface area contributed by atoms with Gasteiger partial charge < -0.3 is 0 Å². The van der Waals surface area contributed by atoms with E-state index in [9.17, 15) is 0 Å². The van der Waals surface area contributed by atoms with Crippen LogP contribution in [0.2, 0.25) is 0 Å². The molecule has 0 aliphatic rings. The first-order valence-electron chi connectivity index (χ1n) is 17.8. The van der Waals surface area contributed by atoms with Crippen molar-refractivity contribution in [1.82, 2.24) is 24.7 Å².